The third-order valence-electron chi connectivity index (χ3n) is 1.55. The van der Waals surface area contributed by atoms with Crippen LogP contribution in [0, 0.1) is 4.84 Å². The van der Waals surface area contributed by atoms with E-state index < -0.39 is 0 Å². The predicted molar refractivity (Wildman–Crippen MR) is 56.4 cm³/mol. The van der Waals surface area contributed by atoms with Crippen molar-refractivity contribution in [2.24, 2.45) is 0 Å². The summed E-state index contributed by atoms with van der Waals surface area (Å²) in [6, 6.07) is 1.51. The van der Waals surface area contributed by atoms with Gasteiger partial charge in [0.25, 0.3) is 4.84 Å². The standard InChI is InChI=1S/C7H2Cl3NOS/c8-2-1-3(9)6-5(4(2)10)11-7(13)12-6/h1H,(H,11,13). The average Bonchev–Trinajstić information content (AvgIpc) is 2.44. The minimum Gasteiger partial charge on any atom is -0.428 e. The fourth-order valence-electron chi connectivity index (χ4n) is 1.01. The molecule has 0 bridgehead atoms. The smallest absolute Gasteiger partial charge is 0.266 e. The molecular weight excluding hydrogens is 253 g/mol. The molecule has 0 spiro atoms. The topological polar surface area (TPSA) is 28.9 Å². The summed E-state index contributed by atoms with van der Waals surface area (Å²) >= 11 is 22.3. The second-order valence-electron chi connectivity index (χ2n) is 2.37. The molecule has 1 N–H and O–H groups in total. The van der Waals surface area contributed by atoms with E-state index in [1.165, 1.54) is 6.07 Å². The van der Waals surface area contributed by atoms with Gasteiger partial charge in [-0.3, -0.25) is 0 Å². The number of benzene rings is 1. The molecule has 0 saturated carbocycles. The summed E-state index contributed by atoms with van der Waals surface area (Å²) in [6.45, 7) is 0. The van der Waals surface area contributed by atoms with Crippen LogP contribution in [-0.4, -0.2) is 4.98 Å². The van der Waals surface area contributed by atoms with Gasteiger partial charge in [0.1, 0.15) is 5.52 Å². The summed E-state index contributed by atoms with van der Waals surface area (Å²) in [7, 11) is 0. The number of nitrogens with one attached hydrogen (secondary N) is 1. The molecule has 0 radical (unpaired) electrons. The van der Waals surface area contributed by atoms with Gasteiger partial charge < -0.3 is 9.40 Å². The van der Waals surface area contributed by atoms with Crippen LogP contribution in [0.3, 0.4) is 0 Å². The molecule has 0 fully saturated rings. The van der Waals surface area contributed by atoms with E-state index in [9.17, 15) is 0 Å². The monoisotopic (exact) mass is 253 g/mol. The van der Waals surface area contributed by atoms with Crippen molar-refractivity contribution in [2.75, 3.05) is 0 Å². The second-order valence-corrected chi connectivity index (χ2v) is 3.94. The highest BCUT2D eigenvalue weighted by Gasteiger charge is 2.11. The molecule has 0 aliphatic heterocycles. The summed E-state index contributed by atoms with van der Waals surface area (Å²) in [5.41, 5.74) is 0.963. The second kappa shape index (κ2) is 3.17. The first-order chi connectivity index (χ1) is 6.09. The van der Waals surface area contributed by atoms with E-state index in [4.69, 9.17) is 51.4 Å². The number of oxazole rings is 1. The zero-order chi connectivity index (χ0) is 9.59. The minimum atomic E-state index is 0.223. The van der Waals surface area contributed by atoms with Gasteiger partial charge in [0.05, 0.1) is 15.1 Å². The Bertz CT molecular complexity index is 530. The van der Waals surface area contributed by atoms with E-state index in [1.54, 1.807) is 0 Å². The van der Waals surface area contributed by atoms with Gasteiger partial charge in [-0.25, -0.2) is 0 Å². The molecule has 0 unspecified atom stereocenters. The summed E-state index contributed by atoms with van der Waals surface area (Å²) in [5.74, 6) is 0. The molecule has 0 saturated heterocycles. The summed E-state index contributed by atoms with van der Waals surface area (Å²) in [5, 5.41) is 1.11. The normalized spacial score (nSPS) is 11.0. The molecule has 0 atom stereocenters. The van der Waals surface area contributed by atoms with Crippen LogP contribution in [0.15, 0.2) is 10.5 Å². The van der Waals surface area contributed by atoms with Crippen LogP contribution < -0.4 is 0 Å². The highest BCUT2D eigenvalue weighted by molar-refractivity contribution is 7.71. The van der Waals surface area contributed by atoms with Gasteiger partial charge in [-0.05, 0) is 18.3 Å². The van der Waals surface area contributed by atoms with Gasteiger partial charge in [0, 0.05) is 0 Å². The fraction of sp³-hybridized carbons (Fsp3) is 0. The quantitative estimate of drug-likeness (QED) is 0.556. The Morgan fingerprint density at radius 2 is 1.92 bits per heavy atom. The van der Waals surface area contributed by atoms with E-state index in [2.05, 4.69) is 4.98 Å². The van der Waals surface area contributed by atoms with Crippen LogP contribution in [0.5, 0.6) is 0 Å². The third kappa shape index (κ3) is 1.46. The molecule has 13 heavy (non-hydrogen) atoms. The van der Waals surface area contributed by atoms with Crippen molar-refractivity contribution in [1.82, 2.24) is 4.98 Å². The molecule has 0 amide bonds. The highest BCUT2D eigenvalue weighted by atomic mass is 35.5. The van der Waals surface area contributed by atoms with E-state index in [0.29, 0.717) is 26.2 Å². The van der Waals surface area contributed by atoms with E-state index >= 15 is 0 Å². The number of H-pyrrole nitrogens is 1. The first-order valence-corrected chi connectivity index (χ1v) is 4.80. The molecule has 1 heterocycles. The first-order valence-electron chi connectivity index (χ1n) is 3.26. The van der Waals surface area contributed by atoms with Crippen molar-refractivity contribution in [2.45, 2.75) is 0 Å². The fourth-order valence-corrected chi connectivity index (χ4v) is 1.89. The summed E-state index contributed by atoms with van der Waals surface area (Å²) < 4.78 is 5.12. The molecule has 0 aliphatic rings. The average molecular weight is 255 g/mol. The number of halogens is 3. The summed E-state index contributed by atoms with van der Waals surface area (Å²) in [4.78, 5) is 2.98. The zero-order valence-electron chi connectivity index (χ0n) is 6.03. The van der Waals surface area contributed by atoms with Crippen molar-refractivity contribution in [3.63, 3.8) is 0 Å². The van der Waals surface area contributed by atoms with E-state index in [1.807, 2.05) is 0 Å². The first kappa shape index (κ1) is 9.34. The number of rotatable bonds is 0. The molecule has 2 aromatic rings. The molecular formula is C7H2Cl3NOS. The number of hydrogen-bond acceptors (Lipinski definition) is 2. The maximum Gasteiger partial charge on any atom is 0.266 e. The number of aromatic nitrogens is 1. The van der Waals surface area contributed by atoms with Crippen LogP contribution in [0.4, 0.5) is 0 Å². The SMILES string of the molecule is S=c1[nH]c2c(Cl)c(Cl)cc(Cl)c2o1. The molecule has 2 rings (SSSR count). The molecule has 0 aliphatic carbocycles. The van der Waals surface area contributed by atoms with Crippen molar-refractivity contribution >= 4 is 58.1 Å². The predicted octanol–water partition coefficient (Wildman–Crippen LogP) is 4.45. The van der Waals surface area contributed by atoms with Crippen molar-refractivity contribution < 1.29 is 4.42 Å². The van der Waals surface area contributed by atoms with Crippen LogP contribution in [-0.2, 0) is 0 Å². The van der Waals surface area contributed by atoms with Crippen LogP contribution in [0.2, 0.25) is 15.1 Å². The Hall–Kier alpha value is -0.220. The van der Waals surface area contributed by atoms with Gasteiger partial charge in [0.2, 0.25) is 0 Å². The maximum absolute atomic E-state index is 5.88. The molecule has 6 heteroatoms. The minimum absolute atomic E-state index is 0.223. The molecule has 1 aromatic carbocycles. The maximum atomic E-state index is 5.88. The van der Waals surface area contributed by atoms with Crippen LogP contribution >= 0.6 is 47.0 Å². The number of hydrogen-bond donors (Lipinski definition) is 1. The van der Waals surface area contributed by atoms with Crippen molar-refractivity contribution in [3.05, 3.63) is 26.0 Å². The van der Waals surface area contributed by atoms with Crippen molar-refractivity contribution in [3.8, 4) is 0 Å². The van der Waals surface area contributed by atoms with Gasteiger partial charge in [-0.2, -0.15) is 0 Å². The molecule has 1 aromatic heterocycles. The van der Waals surface area contributed by atoms with Crippen LogP contribution in [0.25, 0.3) is 11.1 Å². The van der Waals surface area contributed by atoms with Gasteiger partial charge >= 0.3 is 0 Å². The molecule has 2 nitrogen and oxygen atoms in total. The van der Waals surface area contributed by atoms with Crippen LogP contribution in [0.1, 0.15) is 0 Å². The highest BCUT2D eigenvalue weighted by Crippen LogP contribution is 2.35. The summed E-state index contributed by atoms with van der Waals surface area (Å²) in [6.07, 6.45) is 0. The third-order valence-corrected chi connectivity index (χ3v) is 2.80. The molecule has 68 valence electrons. The van der Waals surface area contributed by atoms with E-state index in [0.717, 1.165) is 0 Å². The van der Waals surface area contributed by atoms with Gasteiger partial charge in [0.15, 0.2) is 5.58 Å². The van der Waals surface area contributed by atoms with Gasteiger partial charge in [-0.15, -0.1) is 0 Å². The lowest BCUT2D eigenvalue weighted by molar-refractivity contribution is 0.583. The van der Waals surface area contributed by atoms with Crippen molar-refractivity contribution in [1.29, 1.82) is 0 Å². The Labute approximate surface area is 93.4 Å². The number of fused-ring (bicyclic) bond motifs is 1. The van der Waals surface area contributed by atoms with Gasteiger partial charge in [-0.1, -0.05) is 34.8 Å². The zero-order valence-corrected chi connectivity index (χ0v) is 9.11. The van der Waals surface area contributed by atoms with E-state index in [-0.39, 0.29) is 4.84 Å². The Morgan fingerprint density at radius 3 is 2.62 bits per heavy atom. The Morgan fingerprint density at radius 1 is 1.23 bits per heavy atom. The lowest BCUT2D eigenvalue weighted by Gasteiger charge is -1.96. The largest absolute Gasteiger partial charge is 0.428 e. The Kier molecular flexibility index (Phi) is 2.28. The lowest BCUT2D eigenvalue weighted by atomic mass is 10.3. The Balaban J connectivity index is 3.04. The number of aromatic amines is 1. The lowest BCUT2D eigenvalue weighted by Crippen LogP contribution is -1.74.